The van der Waals surface area contributed by atoms with Crippen LogP contribution in [-0.2, 0) is 0 Å². The second-order valence-corrected chi connectivity index (χ2v) is 5.18. The molecule has 0 aliphatic heterocycles. The van der Waals surface area contributed by atoms with Gasteiger partial charge in [-0.1, -0.05) is 24.3 Å². The topological polar surface area (TPSA) is 50.7 Å². The van der Waals surface area contributed by atoms with Crippen molar-refractivity contribution in [1.29, 1.82) is 0 Å². The second kappa shape index (κ2) is 5.08. The van der Waals surface area contributed by atoms with Crippen LogP contribution in [0.4, 0.5) is 5.82 Å². The number of nitrogens with zero attached hydrogens (tertiary/aromatic N) is 3. The molecule has 3 aromatic rings. The Labute approximate surface area is 124 Å². The van der Waals surface area contributed by atoms with Gasteiger partial charge in [0.1, 0.15) is 11.5 Å². The highest BCUT2D eigenvalue weighted by atomic mass is 127. The van der Waals surface area contributed by atoms with E-state index in [0.29, 0.717) is 5.82 Å². The Morgan fingerprint density at radius 2 is 1.95 bits per heavy atom. The molecule has 0 amide bonds. The van der Waals surface area contributed by atoms with Gasteiger partial charge in [0.25, 0.3) is 0 Å². The number of hydrogen-bond donors (Lipinski definition) is 1. The summed E-state index contributed by atoms with van der Waals surface area (Å²) in [7, 11) is 1.85. The number of halogens is 1. The summed E-state index contributed by atoms with van der Waals surface area (Å²) in [4.78, 5) is 13.3. The summed E-state index contributed by atoms with van der Waals surface area (Å²) in [5.74, 6) is 1.46. The Hall–Kier alpha value is -1.76. The zero-order valence-electron chi connectivity index (χ0n) is 10.3. The average molecular weight is 362 g/mol. The van der Waals surface area contributed by atoms with E-state index in [1.54, 1.807) is 12.4 Å². The van der Waals surface area contributed by atoms with Crippen LogP contribution in [0.15, 0.2) is 42.7 Å². The van der Waals surface area contributed by atoms with Gasteiger partial charge in [-0.3, -0.25) is 4.98 Å². The lowest BCUT2D eigenvalue weighted by atomic mass is 10.1. The minimum absolute atomic E-state index is 0.640. The minimum Gasteiger partial charge on any atom is -0.372 e. The Bertz CT molecular complexity index is 737. The van der Waals surface area contributed by atoms with E-state index >= 15 is 0 Å². The van der Waals surface area contributed by atoms with Gasteiger partial charge in [0.05, 0.1) is 3.57 Å². The van der Waals surface area contributed by atoms with Gasteiger partial charge in [-0.2, -0.15) is 0 Å². The van der Waals surface area contributed by atoms with Crippen molar-refractivity contribution in [3.8, 4) is 11.5 Å². The van der Waals surface area contributed by atoms with Crippen molar-refractivity contribution >= 4 is 39.2 Å². The van der Waals surface area contributed by atoms with Crippen LogP contribution in [0.1, 0.15) is 0 Å². The fourth-order valence-corrected chi connectivity index (χ4v) is 2.48. The molecule has 2 aromatic heterocycles. The van der Waals surface area contributed by atoms with Gasteiger partial charge in [0, 0.05) is 24.8 Å². The maximum atomic E-state index is 4.52. The summed E-state index contributed by atoms with van der Waals surface area (Å²) in [6, 6.07) is 10.1. The fraction of sp³-hybridized carbons (Fsp3) is 0.0714. The fourth-order valence-electron chi connectivity index (χ4n) is 1.95. The first-order chi connectivity index (χ1) is 9.29. The van der Waals surface area contributed by atoms with Gasteiger partial charge in [-0.05, 0) is 34.0 Å². The van der Waals surface area contributed by atoms with E-state index in [1.165, 1.54) is 0 Å². The summed E-state index contributed by atoms with van der Waals surface area (Å²) in [5.41, 5.74) is 0.811. The van der Waals surface area contributed by atoms with Crippen molar-refractivity contribution in [1.82, 2.24) is 15.0 Å². The molecule has 0 saturated heterocycles. The van der Waals surface area contributed by atoms with Crippen molar-refractivity contribution in [2.45, 2.75) is 0 Å². The molecule has 94 valence electrons. The molecule has 2 heterocycles. The van der Waals surface area contributed by atoms with Crippen molar-refractivity contribution in [3.05, 3.63) is 46.3 Å². The Morgan fingerprint density at radius 3 is 2.79 bits per heavy atom. The number of anilines is 1. The van der Waals surface area contributed by atoms with Gasteiger partial charge in [-0.15, -0.1) is 0 Å². The van der Waals surface area contributed by atoms with Gasteiger partial charge >= 0.3 is 0 Å². The van der Waals surface area contributed by atoms with Crippen molar-refractivity contribution in [2.24, 2.45) is 0 Å². The lowest BCUT2D eigenvalue weighted by molar-refractivity contribution is 1.13. The van der Waals surface area contributed by atoms with Crippen LogP contribution in [0.5, 0.6) is 0 Å². The van der Waals surface area contributed by atoms with Crippen molar-refractivity contribution in [3.63, 3.8) is 0 Å². The number of aromatic nitrogens is 3. The van der Waals surface area contributed by atoms with Gasteiger partial charge in [0.15, 0.2) is 5.82 Å². The molecule has 3 rings (SSSR count). The van der Waals surface area contributed by atoms with E-state index in [0.717, 1.165) is 25.9 Å². The highest BCUT2D eigenvalue weighted by Crippen LogP contribution is 2.25. The normalized spacial score (nSPS) is 10.6. The summed E-state index contributed by atoms with van der Waals surface area (Å²) in [6.07, 6.45) is 3.59. The summed E-state index contributed by atoms with van der Waals surface area (Å²) in [6.45, 7) is 0. The molecule has 1 aromatic carbocycles. The number of hydrogen-bond acceptors (Lipinski definition) is 4. The van der Waals surface area contributed by atoms with Crippen molar-refractivity contribution < 1.29 is 0 Å². The van der Waals surface area contributed by atoms with Crippen LogP contribution in [0.25, 0.3) is 22.3 Å². The molecule has 0 spiro atoms. The smallest absolute Gasteiger partial charge is 0.180 e. The highest BCUT2D eigenvalue weighted by Gasteiger charge is 2.10. The molecule has 0 saturated carbocycles. The maximum Gasteiger partial charge on any atom is 0.180 e. The Kier molecular flexibility index (Phi) is 3.29. The molecule has 1 N–H and O–H groups in total. The Balaban J connectivity index is 2.24. The van der Waals surface area contributed by atoms with Gasteiger partial charge < -0.3 is 5.32 Å². The summed E-state index contributed by atoms with van der Waals surface area (Å²) >= 11 is 2.21. The van der Waals surface area contributed by atoms with Crippen LogP contribution in [0, 0.1) is 3.57 Å². The average Bonchev–Trinajstić information content (AvgIpc) is 2.47. The zero-order chi connectivity index (χ0) is 13.2. The van der Waals surface area contributed by atoms with Crippen molar-refractivity contribution in [2.75, 3.05) is 12.4 Å². The molecule has 0 atom stereocenters. The lowest BCUT2D eigenvalue weighted by Gasteiger charge is -2.07. The van der Waals surface area contributed by atoms with Crippen LogP contribution in [0.2, 0.25) is 0 Å². The maximum absolute atomic E-state index is 4.52. The first kappa shape index (κ1) is 12.3. The zero-order valence-corrected chi connectivity index (χ0v) is 12.4. The van der Waals surface area contributed by atoms with E-state index in [9.17, 15) is 0 Å². The van der Waals surface area contributed by atoms with Gasteiger partial charge in [0.2, 0.25) is 0 Å². The molecule has 0 aliphatic carbocycles. The van der Waals surface area contributed by atoms with E-state index < -0.39 is 0 Å². The monoisotopic (exact) mass is 362 g/mol. The number of fused-ring (bicyclic) bond motifs is 1. The highest BCUT2D eigenvalue weighted by molar-refractivity contribution is 14.1. The third-order valence-corrected chi connectivity index (χ3v) is 3.66. The molecule has 4 nitrogen and oxygen atoms in total. The van der Waals surface area contributed by atoms with Gasteiger partial charge in [-0.25, -0.2) is 9.97 Å². The quantitative estimate of drug-likeness (QED) is 0.711. The summed E-state index contributed by atoms with van der Waals surface area (Å²) < 4.78 is 0.990. The van der Waals surface area contributed by atoms with E-state index in [2.05, 4.69) is 48.9 Å². The largest absolute Gasteiger partial charge is 0.372 e. The Morgan fingerprint density at radius 1 is 1.11 bits per heavy atom. The molecule has 19 heavy (non-hydrogen) atoms. The number of pyridine rings is 1. The first-order valence-corrected chi connectivity index (χ1v) is 6.92. The van der Waals surface area contributed by atoms with E-state index in [1.807, 2.05) is 31.3 Å². The molecular weight excluding hydrogens is 351 g/mol. The molecule has 0 bridgehead atoms. The standard InChI is InChI=1S/C14H11IN4/c1-16-13-11(15)8-18-14(19-13)12-10-5-3-2-4-9(10)6-7-17-12/h2-8H,1H3,(H,16,18,19). The predicted molar refractivity (Wildman–Crippen MR) is 85.0 cm³/mol. The molecule has 0 unspecified atom stereocenters. The molecule has 0 radical (unpaired) electrons. The van der Waals surface area contributed by atoms with E-state index in [-0.39, 0.29) is 0 Å². The number of nitrogens with one attached hydrogen (secondary N) is 1. The summed E-state index contributed by atoms with van der Waals surface area (Å²) in [5, 5.41) is 5.27. The van der Waals surface area contributed by atoms with Crippen LogP contribution >= 0.6 is 22.6 Å². The van der Waals surface area contributed by atoms with E-state index in [4.69, 9.17) is 0 Å². The molecular formula is C14H11IN4. The van der Waals surface area contributed by atoms with Crippen LogP contribution in [0.3, 0.4) is 0 Å². The minimum atomic E-state index is 0.640. The second-order valence-electron chi connectivity index (χ2n) is 4.02. The SMILES string of the molecule is CNc1nc(-c2nccc3ccccc23)ncc1I. The number of benzene rings is 1. The third-order valence-electron chi connectivity index (χ3n) is 2.87. The molecule has 5 heteroatoms. The van der Waals surface area contributed by atoms with Crippen LogP contribution in [-0.4, -0.2) is 22.0 Å². The third kappa shape index (κ3) is 2.25. The van der Waals surface area contributed by atoms with Crippen LogP contribution < -0.4 is 5.32 Å². The molecule has 0 fully saturated rings. The lowest BCUT2D eigenvalue weighted by Crippen LogP contribution is -2.00. The predicted octanol–water partition coefficient (Wildman–Crippen LogP) is 3.34. The first-order valence-electron chi connectivity index (χ1n) is 5.84. The molecule has 0 aliphatic rings. The number of rotatable bonds is 2.